The molecule has 0 bridgehead atoms. The molecule has 0 spiro atoms. The van der Waals surface area contributed by atoms with E-state index in [1.807, 2.05) is 36.4 Å². The first-order valence-electron chi connectivity index (χ1n) is 9.65. The molecule has 0 aliphatic heterocycles. The van der Waals surface area contributed by atoms with Crippen LogP contribution < -0.4 is 10.1 Å². The van der Waals surface area contributed by atoms with Crippen molar-refractivity contribution in [3.05, 3.63) is 83.9 Å². The van der Waals surface area contributed by atoms with Crippen molar-refractivity contribution in [3.63, 3.8) is 0 Å². The molecular weight excluding hydrogens is 382 g/mol. The van der Waals surface area contributed by atoms with Crippen molar-refractivity contribution in [2.75, 3.05) is 6.61 Å². The first kappa shape index (κ1) is 19.5. The molecule has 0 saturated heterocycles. The molecular formula is C24H21NO5. The number of fused-ring (bicyclic) bond motifs is 3. The minimum absolute atomic E-state index is 0.0533. The van der Waals surface area contributed by atoms with E-state index in [0.29, 0.717) is 0 Å². The van der Waals surface area contributed by atoms with Crippen molar-refractivity contribution in [1.82, 2.24) is 5.32 Å². The number of hydrogen-bond donors (Lipinski definition) is 2. The summed E-state index contributed by atoms with van der Waals surface area (Å²) < 4.78 is 10.6. The highest BCUT2D eigenvalue weighted by atomic mass is 16.6. The summed E-state index contributed by atoms with van der Waals surface area (Å²) in [5.41, 5.74) is 4.53. The Kier molecular flexibility index (Phi) is 5.39. The number of phenolic OH excluding ortho intramolecular Hbond substituents is 1. The molecule has 0 heterocycles. The van der Waals surface area contributed by atoms with Gasteiger partial charge in [-0.25, -0.2) is 9.59 Å². The van der Waals surface area contributed by atoms with Crippen LogP contribution in [-0.2, 0) is 9.53 Å². The third kappa shape index (κ3) is 3.98. The van der Waals surface area contributed by atoms with Crippen molar-refractivity contribution in [2.45, 2.75) is 18.9 Å². The van der Waals surface area contributed by atoms with Crippen molar-refractivity contribution in [1.29, 1.82) is 0 Å². The lowest BCUT2D eigenvalue weighted by Crippen LogP contribution is -2.41. The number of amides is 1. The summed E-state index contributed by atoms with van der Waals surface area (Å²) in [4.78, 5) is 24.4. The molecule has 1 aliphatic carbocycles. The Balaban J connectivity index is 1.36. The maximum atomic E-state index is 12.3. The SMILES string of the molecule is C[C@@H](NC(=O)OCC1c2ccccc2-c2ccccc21)C(=O)Oc1ccc(O)cc1. The van der Waals surface area contributed by atoms with E-state index in [4.69, 9.17) is 9.47 Å². The molecule has 0 unspecified atom stereocenters. The number of alkyl carbamates (subject to hydrolysis) is 1. The van der Waals surface area contributed by atoms with E-state index in [0.717, 1.165) is 22.3 Å². The number of rotatable bonds is 5. The number of phenols is 1. The third-order valence-electron chi connectivity index (χ3n) is 5.09. The molecule has 30 heavy (non-hydrogen) atoms. The Labute approximate surface area is 174 Å². The number of carbonyl (C=O) groups excluding carboxylic acids is 2. The Hall–Kier alpha value is -3.80. The van der Waals surface area contributed by atoms with Gasteiger partial charge in [0.2, 0.25) is 0 Å². The predicted octanol–water partition coefficient (Wildman–Crippen LogP) is 4.22. The summed E-state index contributed by atoms with van der Waals surface area (Å²) in [6.45, 7) is 1.68. The van der Waals surface area contributed by atoms with Gasteiger partial charge in [0.15, 0.2) is 0 Å². The molecule has 152 valence electrons. The molecule has 0 saturated carbocycles. The topological polar surface area (TPSA) is 84.9 Å². The van der Waals surface area contributed by atoms with Crippen LogP contribution >= 0.6 is 0 Å². The fourth-order valence-electron chi connectivity index (χ4n) is 3.59. The normalized spacial score (nSPS) is 13.1. The van der Waals surface area contributed by atoms with Gasteiger partial charge >= 0.3 is 12.1 Å². The number of nitrogens with one attached hydrogen (secondary N) is 1. The highest BCUT2D eigenvalue weighted by Crippen LogP contribution is 2.44. The zero-order valence-electron chi connectivity index (χ0n) is 16.4. The Bertz CT molecular complexity index is 1030. The Morgan fingerprint density at radius 2 is 1.50 bits per heavy atom. The van der Waals surface area contributed by atoms with Crippen LogP contribution in [-0.4, -0.2) is 29.8 Å². The molecule has 2 N–H and O–H groups in total. The second-order valence-electron chi connectivity index (χ2n) is 7.11. The highest BCUT2D eigenvalue weighted by molar-refractivity contribution is 5.83. The Morgan fingerprint density at radius 1 is 0.933 bits per heavy atom. The Morgan fingerprint density at radius 3 is 2.10 bits per heavy atom. The zero-order valence-corrected chi connectivity index (χ0v) is 16.4. The van der Waals surface area contributed by atoms with Crippen molar-refractivity contribution in [2.24, 2.45) is 0 Å². The lowest BCUT2D eigenvalue weighted by Gasteiger charge is -2.16. The highest BCUT2D eigenvalue weighted by Gasteiger charge is 2.29. The first-order valence-corrected chi connectivity index (χ1v) is 9.65. The quantitative estimate of drug-likeness (QED) is 0.492. The van der Waals surface area contributed by atoms with Gasteiger partial charge in [0.1, 0.15) is 24.1 Å². The monoisotopic (exact) mass is 403 g/mol. The summed E-state index contributed by atoms with van der Waals surface area (Å²) in [6.07, 6.45) is -0.688. The molecule has 6 nitrogen and oxygen atoms in total. The van der Waals surface area contributed by atoms with Gasteiger partial charge in [-0.1, -0.05) is 48.5 Å². The van der Waals surface area contributed by atoms with E-state index in [-0.39, 0.29) is 24.0 Å². The number of hydrogen-bond acceptors (Lipinski definition) is 5. The smallest absolute Gasteiger partial charge is 0.407 e. The molecule has 0 radical (unpaired) electrons. The summed E-state index contributed by atoms with van der Waals surface area (Å²) in [5.74, 6) is -0.338. The predicted molar refractivity (Wildman–Crippen MR) is 111 cm³/mol. The number of ether oxygens (including phenoxy) is 2. The van der Waals surface area contributed by atoms with Crippen LogP contribution in [0.3, 0.4) is 0 Å². The average molecular weight is 403 g/mol. The van der Waals surface area contributed by atoms with Gasteiger partial charge in [-0.2, -0.15) is 0 Å². The number of aromatic hydroxyl groups is 1. The van der Waals surface area contributed by atoms with E-state index < -0.39 is 18.1 Å². The molecule has 1 amide bonds. The van der Waals surface area contributed by atoms with Crippen molar-refractivity contribution < 1.29 is 24.2 Å². The molecule has 6 heteroatoms. The van der Waals surface area contributed by atoms with Crippen LogP contribution in [0.4, 0.5) is 4.79 Å². The standard InChI is InChI=1S/C24H21NO5/c1-15(23(27)30-17-12-10-16(26)11-13-17)25-24(28)29-14-22-20-8-4-2-6-18(20)19-7-3-5-9-21(19)22/h2-13,15,22,26H,14H2,1H3,(H,25,28)/t15-/m1/s1. The third-order valence-corrected chi connectivity index (χ3v) is 5.09. The van der Waals surface area contributed by atoms with Gasteiger partial charge in [-0.3, -0.25) is 0 Å². The number of esters is 1. The van der Waals surface area contributed by atoms with Gasteiger partial charge in [-0.05, 0) is 53.4 Å². The maximum Gasteiger partial charge on any atom is 0.407 e. The molecule has 1 aliphatic rings. The molecule has 0 fully saturated rings. The van der Waals surface area contributed by atoms with Crippen LogP contribution in [0, 0.1) is 0 Å². The second-order valence-corrected chi connectivity index (χ2v) is 7.11. The van der Waals surface area contributed by atoms with Gasteiger partial charge in [0.05, 0.1) is 0 Å². The minimum atomic E-state index is -0.894. The van der Waals surface area contributed by atoms with Gasteiger partial charge in [-0.15, -0.1) is 0 Å². The van der Waals surface area contributed by atoms with Crippen LogP contribution in [0.5, 0.6) is 11.5 Å². The average Bonchev–Trinajstić information content (AvgIpc) is 3.07. The van der Waals surface area contributed by atoms with Gasteiger partial charge < -0.3 is 19.9 Å². The van der Waals surface area contributed by atoms with Crippen LogP contribution in [0.15, 0.2) is 72.8 Å². The summed E-state index contributed by atoms with van der Waals surface area (Å²) in [5, 5.41) is 11.8. The molecule has 0 aromatic heterocycles. The van der Waals surface area contributed by atoms with E-state index >= 15 is 0 Å². The van der Waals surface area contributed by atoms with Gasteiger partial charge in [0, 0.05) is 5.92 Å². The lowest BCUT2D eigenvalue weighted by molar-refractivity contribution is -0.136. The van der Waals surface area contributed by atoms with Crippen LogP contribution in [0.2, 0.25) is 0 Å². The molecule has 3 aromatic carbocycles. The van der Waals surface area contributed by atoms with E-state index in [1.165, 1.54) is 31.2 Å². The summed E-state index contributed by atoms with van der Waals surface area (Å²) in [6, 6.07) is 21.0. The first-order chi connectivity index (χ1) is 14.5. The summed E-state index contributed by atoms with van der Waals surface area (Å²) >= 11 is 0. The maximum absolute atomic E-state index is 12.3. The zero-order chi connectivity index (χ0) is 21.1. The van der Waals surface area contributed by atoms with E-state index in [2.05, 4.69) is 17.4 Å². The number of carbonyl (C=O) groups is 2. The van der Waals surface area contributed by atoms with Crippen LogP contribution in [0.25, 0.3) is 11.1 Å². The van der Waals surface area contributed by atoms with Crippen molar-refractivity contribution in [3.8, 4) is 22.6 Å². The minimum Gasteiger partial charge on any atom is -0.508 e. The lowest BCUT2D eigenvalue weighted by atomic mass is 9.98. The fraction of sp³-hybridized carbons (Fsp3) is 0.167. The largest absolute Gasteiger partial charge is 0.508 e. The number of benzene rings is 3. The molecule has 1 atom stereocenters. The van der Waals surface area contributed by atoms with Gasteiger partial charge in [0.25, 0.3) is 0 Å². The van der Waals surface area contributed by atoms with Crippen molar-refractivity contribution >= 4 is 12.1 Å². The summed E-state index contributed by atoms with van der Waals surface area (Å²) in [7, 11) is 0. The molecule has 4 rings (SSSR count). The van der Waals surface area contributed by atoms with Crippen LogP contribution in [0.1, 0.15) is 24.0 Å². The molecule has 3 aromatic rings. The fourth-order valence-corrected chi connectivity index (χ4v) is 3.59. The van der Waals surface area contributed by atoms with E-state index in [9.17, 15) is 14.7 Å². The second kappa shape index (κ2) is 8.29. The van der Waals surface area contributed by atoms with E-state index in [1.54, 1.807) is 0 Å².